The third-order valence-corrected chi connectivity index (χ3v) is 4.30. The van der Waals surface area contributed by atoms with E-state index in [4.69, 9.17) is 5.11 Å². The Hall–Kier alpha value is -1.95. The van der Waals surface area contributed by atoms with Crippen LogP contribution in [0.3, 0.4) is 0 Å². The van der Waals surface area contributed by atoms with Gasteiger partial charge in [-0.1, -0.05) is 6.07 Å². The number of halogens is 3. The highest BCUT2D eigenvalue weighted by Crippen LogP contribution is 2.38. The van der Waals surface area contributed by atoms with Crippen molar-refractivity contribution in [2.45, 2.75) is 6.42 Å². The van der Waals surface area contributed by atoms with Crippen LogP contribution in [-0.4, -0.2) is 17.6 Å². The number of carbonyl (C=O) groups is 1. The molecule has 0 spiro atoms. The van der Waals surface area contributed by atoms with Gasteiger partial charge in [0.05, 0.1) is 15.7 Å². The lowest BCUT2D eigenvalue weighted by molar-refractivity contribution is 0.0695. The molecule has 0 radical (unpaired) electrons. The predicted octanol–water partition coefficient (Wildman–Crippen LogP) is 4.12. The number of nitrogens with zero attached hydrogens (tertiary/aromatic N) is 1. The molecule has 0 fully saturated rings. The SMILES string of the molecule is O=C(O)c1ccc(N2CCc3ccc(F)cc32)c(F)c1Br. The van der Waals surface area contributed by atoms with E-state index in [1.54, 1.807) is 11.0 Å². The molecule has 108 valence electrons. The second-order valence-corrected chi connectivity index (χ2v) is 5.53. The molecule has 0 amide bonds. The Morgan fingerprint density at radius 3 is 2.67 bits per heavy atom. The summed E-state index contributed by atoms with van der Waals surface area (Å²) < 4.78 is 27.7. The first-order chi connectivity index (χ1) is 9.99. The van der Waals surface area contributed by atoms with Gasteiger partial charge in [-0.15, -0.1) is 0 Å². The van der Waals surface area contributed by atoms with E-state index in [0.717, 1.165) is 5.56 Å². The highest BCUT2D eigenvalue weighted by Gasteiger charge is 2.25. The summed E-state index contributed by atoms with van der Waals surface area (Å²) in [4.78, 5) is 12.6. The minimum absolute atomic E-state index is 0.0997. The minimum Gasteiger partial charge on any atom is -0.478 e. The van der Waals surface area contributed by atoms with Crippen molar-refractivity contribution in [3.63, 3.8) is 0 Å². The molecule has 1 heterocycles. The van der Waals surface area contributed by atoms with E-state index >= 15 is 0 Å². The maximum Gasteiger partial charge on any atom is 0.336 e. The van der Waals surface area contributed by atoms with Crippen molar-refractivity contribution in [1.29, 1.82) is 0 Å². The van der Waals surface area contributed by atoms with Gasteiger partial charge < -0.3 is 10.0 Å². The second kappa shape index (κ2) is 5.11. The maximum absolute atomic E-state index is 14.4. The molecule has 21 heavy (non-hydrogen) atoms. The fraction of sp³-hybridized carbons (Fsp3) is 0.133. The summed E-state index contributed by atoms with van der Waals surface area (Å²) in [5.41, 5.74) is 1.64. The topological polar surface area (TPSA) is 40.5 Å². The Kier molecular flexibility index (Phi) is 3.41. The number of carboxylic acids is 1. The van der Waals surface area contributed by atoms with Gasteiger partial charge >= 0.3 is 5.97 Å². The zero-order chi connectivity index (χ0) is 15.1. The standard InChI is InChI=1S/C15H10BrF2NO2/c16-13-10(15(20)21)3-4-11(14(13)18)19-6-5-8-1-2-9(17)7-12(8)19/h1-4,7H,5-6H2,(H,20,21). The number of benzene rings is 2. The Morgan fingerprint density at radius 2 is 1.95 bits per heavy atom. The highest BCUT2D eigenvalue weighted by atomic mass is 79.9. The van der Waals surface area contributed by atoms with Crippen LogP contribution in [0, 0.1) is 11.6 Å². The van der Waals surface area contributed by atoms with Crippen LogP contribution in [0.1, 0.15) is 15.9 Å². The van der Waals surface area contributed by atoms with Gasteiger partial charge in [0.2, 0.25) is 0 Å². The van der Waals surface area contributed by atoms with Crippen LogP contribution >= 0.6 is 15.9 Å². The van der Waals surface area contributed by atoms with Gasteiger partial charge in [0.25, 0.3) is 0 Å². The monoisotopic (exact) mass is 353 g/mol. The average molecular weight is 354 g/mol. The van der Waals surface area contributed by atoms with Crippen molar-refractivity contribution in [3.05, 3.63) is 57.6 Å². The van der Waals surface area contributed by atoms with Crippen LogP contribution in [0.5, 0.6) is 0 Å². The summed E-state index contributed by atoms with van der Waals surface area (Å²) in [6.45, 7) is 0.522. The summed E-state index contributed by atoms with van der Waals surface area (Å²) >= 11 is 2.98. The number of hydrogen-bond acceptors (Lipinski definition) is 2. The van der Waals surface area contributed by atoms with Gasteiger partial charge in [-0.25, -0.2) is 13.6 Å². The fourth-order valence-electron chi connectivity index (χ4n) is 2.52. The number of carboxylic acid groups (broad SMARTS) is 1. The van der Waals surface area contributed by atoms with E-state index in [2.05, 4.69) is 15.9 Å². The molecular formula is C15H10BrF2NO2. The lowest BCUT2D eigenvalue weighted by Crippen LogP contribution is -2.16. The summed E-state index contributed by atoms with van der Waals surface area (Å²) in [6, 6.07) is 7.16. The zero-order valence-corrected chi connectivity index (χ0v) is 12.3. The normalized spacial score (nSPS) is 13.4. The lowest BCUT2D eigenvalue weighted by Gasteiger charge is -2.21. The van der Waals surface area contributed by atoms with Crippen molar-refractivity contribution in [2.24, 2.45) is 0 Å². The van der Waals surface area contributed by atoms with Gasteiger partial charge in [-0.2, -0.15) is 0 Å². The number of rotatable bonds is 2. The first-order valence-electron chi connectivity index (χ1n) is 6.26. The molecule has 1 aliphatic rings. The molecule has 0 bridgehead atoms. The third kappa shape index (κ3) is 2.29. The van der Waals surface area contributed by atoms with Crippen molar-refractivity contribution in [1.82, 2.24) is 0 Å². The number of anilines is 2. The van der Waals surface area contributed by atoms with E-state index in [1.807, 2.05) is 0 Å². The van der Waals surface area contributed by atoms with Crippen LogP contribution < -0.4 is 4.90 Å². The molecule has 3 nitrogen and oxygen atoms in total. The number of aromatic carboxylic acids is 1. The maximum atomic E-state index is 14.4. The Morgan fingerprint density at radius 1 is 1.19 bits per heavy atom. The van der Waals surface area contributed by atoms with E-state index < -0.39 is 11.8 Å². The quantitative estimate of drug-likeness (QED) is 0.882. The Labute approximate surface area is 127 Å². The third-order valence-electron chi connectivity index (χ3n) is 3.53. The summed E-state index contributed by atoms with van der Waals surface area (Å²) in [5, 5.41) is 8.98. The molecule has 0 aliphatic carbocycles. The molecule has 0 atom stereocenters. The van der Waals surface area contributed by atoms with Crippen molar-refractivity contribution >= 4 is 33.3 Å². The van der Waals surface area contributed by atoms with E-state index in [-0.39, 0.29) is 21.5 Å². The van der Waals surface area contributed by atoms with Crippen LogP contribution in [0.4, 0.5) is 20.2 Å². The van der Waals surface area contributed by atoms with E-state index in [9.17, 15) is 13.6 Å². The first-order valence-corrected chi connectivity index (χ1v) is 7.05. The van der Waals surface area contributed by atoms with Crippen molar-refractivity contribution in [2.75, 3.05) is 11.4 Å². The number of hydrogen-bond donors (Lipinski definition) is 1. The van der Waals surface area contributed by atoms with Crippen LogP contribution in [0.2, 0.25) is 0 Å². The zero-order valence-electron chi connectivity index (χ0n) is 10.7. The van der Waals surface area contributed by atoms with E-state index in [0.29, 0.717) is 18.7 Å². The van der Waals surface area contributed by atoms with E-state index in [1.165, 1.54) is 24.3 Å². The molecule has 0 unspecified atom stereocenters. The van der Waals surface area contributed by atoms with Gasteiger partial charge in [-0.05, 0) is 52.2 Å². The second-order valence-electron chi connectivity index (χ2n) is 4.74. The average Bonchev–Trinajstić information content (AvgIpc) is 2.84. The summed E-state index contributed by atoms with van der Waals surface area (Å²) in [6.07, 6.45) is 0.688. The smallest absolute Gasteiger partial charge is 0.336 e. The molecule has 2 aromatic rings. The number of fused-ring (bicyclic) bond motifs is 1. The first kappa shape index (κ1) is 14.0. The Bertz CT molecular complexity index is 749. The molecule has 3 rings (SSSR count). The van der Waals surface area contributed by atoms with Crippen LogP contribution in [0.25, 0.3) is 0 Å². The molecule has 1 N–H and O–H groups in total. The molecule has 6 heteroatoms. The predicted molar refractivity (Wildman–Crippen MR) is 78.2 cm³/mol. The molecular weight excluding hydrogens is 344 g/mol. The molecule has 2 aromatic carbocycles. The van der Waals surface area contributed by atoms with Gasteiger partial charge in [-0.3, -0.25) is 0 Å². The molecule has 1 aliphatic heterocycles. The highest BCUT2D eigenvalue weighted by molar-refractivity contribution is 9.10. The molecule has 0 saturated carbocycles. The van der Waals surface area contributed by atoms with Crippen LogP contribution in [-0.2, 0) is 6.42 Å². The van der Waals surface area contributed by atoms with Crippen LogP contribution in [0.15, 0.2) is 34.8 Å². The summed E-state index contributed by atoms with van der Waals surface area (Å²) in [5.74, 6) is -2.26. The minimum atomic E-state index is -1.21. The summed E-state index contributed by atoms with van der Waals surface area (Å²) in [7, 11) is 0. The lowest BCUT2D eigenvalue weighted by atomic mass is 10.1. The fourth-order valence-corrected chi connectivity index (χ4v) is 3.02. The molecule has 0 aromatic heterocycles. The van der Waals surface area contributed by atoms with Gasteiger partial charge in [0, 0.05) is 12.2 Å². The molecule has 0 saturated heterocycles. The largest absolute Gasteiger partial charge is 0.478 e. The van der Waals surface area contributed by atoms with Gasteiger partial charge in [0.15, 0.2) is 5.82 Å². The van der Waals surface area contributed by atoms with Crippen molar-refractivity contribution in [3.8, 4) is 0 Å². The van der Waals surface area contributed by atoms with Crippen molar-refractivity contribution < 1.29 is 18.7 Å². The Balaban J connectivity index is 2.10. The van der Waals surface area contributed by atoms with Gasteiger partial charge in [0.1, 0.15) is 5.82 Å².